The Morgan fingerprint density at radius 3 is 2.94 bits per heavy atom. The van der Waals surface area contributed by atoms with E-state index in [1.807, 2.05) is 0 Å². The molecule has 1 rings (SSSR count). The van der Waals surface area contributed by atoms with Crippen LogP contribution in [0.2, 0.25) is 0 Å². The first-order chi connectivity index (χ1) is 8.04. The van der Waals surface area contributed by atoms with Crippen LogP contribution in [0.15, 0.2) is 6.20 Å². The van der Waals surface area contributed by atoms with Crippen LogP contribution in [-0.4, -0.2) is 27.3 Å². The zero-order valence-electron chi connectivity index (χ0n) is 9.99. The highest BCUT2D eigenvalue weighted by molar-refractivity contribution is 7.80. The van der Waals surface area contributed by atoms with E-state index in [1.54, 1.807) is 13.2 Å². The number of thiocarbonyl (C=S) groups is 1. The van der Waals surface area contributed by atoms with Crippen molar-refractivity contribution in [2.24, 2.45) is 12.8 Å². The maximum atomic E-state index is 11.1. The van der Waals surface area contributed by atoms with Gasteiger partial charge in [0, 0.05) is 19.8 Å². The molecular weight excluding hydrogens is 238 g/mol. The number of rotatable bonds is 5. The van der Waals surface area contributed by atoms with Gasteiger partial charge < -0.3 is 16.4 Å². The average Bonchev–Trinajstić information content (AvgIpc) is 2.60. The summed E-state index contributed by atoms with van der Waals surface area (Å²) in [5.41, 5.74) is 5.92. The number of hydrogen-bond acceptors (Lipinski definition) is 3. The van der Waals surface area contributed by atoms with Gasteiger partial charge in [0.05, 0.1) is 5.69 Å². The molecule has 0 unspecified atom stereocenters. The summed E-state index contributed by atoms with van der Waals surface area (Å²) in [6.07, 6.45) is 3.79. The lowest BCUT2D eigenvalue weighted by atomic mass is 10.3. The number of aryl methyl sites for hydroxylation is 1. The van der Waals surface area contributed by atoms with Crippen molar-refractivity contribution in [2.75, 3.05) is 11.9 Å². The molecule has 17 heavy (non-hydrogen) atoms. The molecule has 0 saturated carbocycles. The van der Waals surface area contributed by atoms with E-state index in [0.717, 1.165) is 19.4 Å². The monoisotopic (exact) mass is 255 g/mol. The minimum Gasteiger partial charge on any atom is -0.364 e. The van der Waals surface area contributed by atoms with Crippen LogP contribution in [0.1, 0.15) is 30.3 Å². The topological polar surface area (TPSA) is 85.0 Å². The summed E-state index contributed by atoms with van der Waals surface area (Å²) >= 11 is 5.09. The van der Waals surface area contributed by atoms with Crippen molar-refractivity contribution in [1.82, 2.24) is 15.1 Å². The zero-order valence-corrected chi connectivity index (χ0v) is 10.8. The fourth-order valence-corrected chi connectivity index (χ4v) is 1.52. The van der Waals surface area contributed by atoms with Crippen LogP contribution in [-0.2, 0) is 7.05 Å². The molecule has 1 heterocycles. The molecular formula is C10H17N5OS. The molecule has 0 radical (unpaired) electrons. The first kappa shape index (κ1) is 13.4. The van der Waals surface area contributed by atoms with Crippen molar-refractivity contribution >= 4 is 28.9 Å². The summed E-state index contributed by atoms with van der Waals surface area (Å²) in [6.45, 7) is 2.90. The third-order valence-electron chi connectivity index (χ3n) is 2.13. The number of nitrogens with one attached hydrogen (secondary N) is 2. The van der Waals surface area contributed by atoms with Gasteiger partial charge in [-0.25, -0.2) is 0 Å². The Hall–Kier alpha value is -1.63. The highest BCUT2D eigenvalue weighted by Crippen LogP contribution is 2.11. The Bertz CT molecular complexity index is 415. The van der Waals surface area contributed by atoms with Crippen molar-refractivity contribution in [1.29, 1.82) is 0 Å². The van der Waals surface area contributed by atoms with Crippen LogP contribution in [0.25, 0.3) is 0 Å². The number of anilines is 1. The second-order valence-electron chi connectivity index (χ2n) is 3.66. The highest BCUT2D eigenvalue weighted by Gasteiger charge is 2.13. The van der Waals surface area contributed by atoms with Crippen LogP contribution < -0.4 is 16.4 Å². The molecule has 0 aliphatic heterocycles. The molecule has 1 aromatic heterocycles. The highest BCUT2D eigenvalue weighted by atomic mass is 32.1. The van der Waals surface area contributed by atoms with Gasteiger partial charge >= 0.3 is 0 Å². The van der Waals surface area contributed by atoms with E-state index in [2.05, 4.69) is 22.7 Å². The summed E-state index contributed by atoms with van der Waals surface area (Å²) < 4.78 is 1.51. The Kier molecular flexibility index (Phi) is 4.89. The Labute approximate surface area is 106 Å². The van der Waals surface area contributed by atoms with E-state index in [0.29, 0.717) is 10.8 Å². The van der Waals surface area contributed by atoms with E-state index in [1.165, 1.54) is 4.68 Å². The van der Waals surface area contributed by atoms with Gasteiger partial charge in [-0.1, -0.05) is 13.3 Å². The van der Waals surface area contributed by atoms with E-state index in [-0.39, 0.29) is 5.69 Å². The second kappa shape index (κ2) is 6.19. The summed E-state index contributed by atoms with van der Waals surface area (Å²) in [7, 11) is 1.71. The molecule has 0 atom stereocenters. The molecule has 0 fully saturated rings. The van der Waals surface area contributed by atoms with Gasteiger partial charge in [-0.3, -0.25) is 9.48 Å². The lowest BCUT2D eigenvalue weighted by Gasteiger charge is -2.08. The van der Waals surface area contributed by atoms with Crippen molar-refractivity contribution in [3.8, 4) is 0 Å². The Morgan fingerprint density at radius 2 is 2.35 bits per heavy atom. The number of carbonyl (C=O) groups is 1. The first-order valence-electron chi connectivity index (χ1n) is 5.43. The maximum absolute atomic E-state index is 11.1. The quantitative estimate of drug-likeness (QED) is 0.530. The zero-order chi connectivity index (χ0) is 12.8. The molecule has 1 aromatic rings. The molecule has 7 heteroatoms. The summed E-state index contributed by atoms with van der Waals surface area (Å²) in [5.74, 6) is -0.579. The Morgan fingerprint density at radius 1 is 1.65 bits per heavy atom. The predicted octanol–water partition coefficient (Wildman–Crippen LogP) is 0.605. The van der Waals surface area contributed by atoms with Gasteiger partial charge in [-0.2, -0.15) is 5.10 Å². The van der Waals surface area contributed by atoms with Crippen molar-refractivity contribution in [3.05, 3.63) is 11.9 Å². The first-order valence-corrected chi connectivity index (χ1v) is 5.83. The van der Waals surface area contributed by atoms with Gasteiger partial charge in [0.2, 0.25) is 0 Å². The molecule has 0 saturated heterocycles. The molecule has 0 aliphatic carbocycles. The van der Waals surface area contributed by atoms with Crippen LogP contribution in [0.5, 0.6) is 0 Å². The standard InChI is InChI=1S/C10H17N5OS/c1-3-4-5-12-10(17)13-7-6-15(2)14-8(7)9(11)16/h6H,3-5H2,1-2H3,(H2,11,16)(H2,12,13,17). The van der Waals surface area contributed by atoms with Gasteiger partial charge in [-0.15, -0.1) is 0 Å². The maximum Gasteiger partial charge on any atom is 0.271 e. The average molecular weight is 255 g/mol. The van der Waals surface area contributed by atoms with Crippen molar-refractivity contribution in [3.63, 3.8) is 0 Å². The molecule has 0 aliphatic rings. The molecule has 0 aromatic carbocycles. The van der Waals surface area contributed by atoms with Gasteiger partial charge in [0.1, 0.15) is 0 Å². The molecule has 0 spiro atoms. The van der Waals surface area contributed by atoms with Crippen molar-refractivity contribution in [2.45, 2.75) is 19.8 Å². The lowest BCUT2D eigenvalue weighted by Crippen LogP contribution is -2.30. The summed E-state index contributed by atoms with van der Waals surface area (Å²) in [4.78, 5) is 11.1. The molecule has 6 nitrogen and oxygen atoms in total. The fourth-order valence-electron chi connectivity index (χ4n) is 1.31. The molecule has 4 N–H and O–H groups in total. The normalized spacial score (nSPS) is 10.0. The third-order valence-corrected chi connectivity index (χ3v) is 2.37. The van der Waals surface area contributed by atoms with Crippen molar-refractivity contribution < 1.29 is 4.79 Å². The molecule has 1 amide bonds. The summed E-state index contributed by atoms with van der Waals surface area (Å²) in [6, 6.07) is 0. The minimum atomic E-state index is -0.579. The van der Waals surface area contributed by atoms with Gasteiger partial charge in [0.25, 0.3) is 5.91 Å². The predicted molar refractivity (Wildman–Crippen MR) is 70.9 cm³/mol. The minimum absolute atomic E-state index is 0.187. The van der Waals surface area contributed by atoms with E-state index in [4.69, 9.17) is 18.0 Å². The largest absolute Gasteiger partial charge is 0.364 e. The lowest BCUT2D eigenvalue weighted by molar-refractivity contribution is 0.0995. The number of carbonyl (C=O) groups excluding carboxylic acids is 1. The van der Waals surface area contributed by atoms with E-state index < -0.39 is 5.91 Å². The number of hydrogen-bond donors (Lipinski definition) is 3. The second-order valence-corrected chi connectivity index (χ2v) is 4.07. The number of amides is 1. The van der Waals surface area contributed by atoms with Crippen LogP contribution in [0, 0.1) is 0 Å². The molecule has 94 valence electrons. The van der Waals surface area contributed by atoms with E-state index in [9.17, 15) is 4.79 Å². The van der Waals surface area contributed by atoms with E-state index >= 15 is 0 Å². The SMILES string of the molecule is CCCCNC(=S)Nc1cn(C)nc1C(N)=O. The van der Waals surface area contributed by atoms with Gasteiger partial charge in [0.15, 0.2) is 10.8 Å². The number of unbranched alkanes of at least 4 members (excludes halogenated alkanes) is 1. The molecule has 0 bridgehead atoms. The van der Waals surface area contributed by atoms with Crippen LogP contribution in [0.3, 0.4) is 0 Å². The smallest absolute Gasteiger partial charge is 0.271 e. The number of nitrogens with two attached hydrogens (primary N) is 1. The number of aromatic nitrogens is 2. The fraction of sp³-hybridized carbons (Fsp3) is 0.500. The number of nitrogens with zero attached hydrogens (tertiary/aromatic N) is 2. The van der Waals surface area contributed by atoms with Gasteiger partial charge in [-0.05, 0) is 18.6 Å². The Balaban J connectivity index is 2.61. The third kappa shape index (κ3) is 4.03. The number of primary amides is 1. The summed E-state index contributed by atoms with van der Waals surface area (Å²) in [5, 5.41) is 10.4. The van der Waals surface area contributed by atoms with Crippen LogP contribution >= 0.6 is 12.2 Å². The van der Waals surface area contributed by atoms with Crippen LogP contribution in [0.4, 0.5) is 5.69 Å².